The van der Waals surface area contributed by atoms with Gasteiger partial charge in [-0.2, -0.15) is 0 Å². The molecule has 0 aromatic carbocycles. The highest BCUT2D eigenvalue weighted by Gasteiger charge is 2.34. The molecule has 2 atom stereocenters. The molecular weight excluding hydrogens is 208 g/mol. The summed E-state index contributed by atoms with van der Waals surface area (Å²) in [4.78, 5) is 2.78. The molecule has 1 rings (SSSR count). The molecule has 1 saturated carbocycles. The fourth-order valence-corrected chi connectivity index (χ4v) is 2.77. The summed E-state index contributed by atoms with van der Waals surface area (Å²) in [7, 11) is 0. The molecule has 0 amide bonds. The average Bonchev–Trinajstić information content (AvgIpc) is 2.31. The molecule has 102 valence electrons. The number of unbranched alkanes of at least 4 members (excludes halogenated alkanes) is 2. The van der Waals surface area contributed by atoms with E-state index in [9.17, 15) is 0 Å². The molecule has 0 radical (unpaired) electrons. The molecule has 0 saturated heterocycles. The molecule has 0 aromatic rings. The molecule has 2 heteroatoms. The first kappa shape index (κ1) is 15.0. The van der Waals surface area contributed by atoms with Gasteiger partial charge in [-0.05, 0) is 57.8 Å². The smallest absolute Gasteiger partial charge is 0.0136 e. The van der Waals surface area contributed by atoms with Gasteiger partial charge in [-0.1, -0.05) is 33.6 Å². The van der Waals surface area contributed by atoms with Crippen LogP contribution in [0.5, 0.6) is 0 Å². The topological polar surface area (TPSA) is 15.3 Å². The van der Waals surface area contributed by atoms with Crippen LogP contribution in [0.1, 0.15) is 59.3 Å². The fraction of sp³-hybridized carbons (Fsp3) is 1.00. The van der Waals surface area contributed by atoms with E-state index in [0.717, 1.165) is 18.5 Å². The van der Waals surface area contributed by atoms with Crippen molar-refractivity contribution in [2.75, 3.05) is 26.2 Å². The summed E-state index contributed by atoms with van der Waals surface area (Å²) >= 11 is 0. The quantitative estimate of drug-likeness (QED) is 0.630. The summed E-state index contributed by atoms with van der Waals surface area (Å²) in [6, 6.07) is 0.882. The first-order valence-electron chi connectivity index (χ1n) is 7.78. The number of nitrogens with zero attached hydrogens (tertiary/aromatic N) is 1. The molecule has 0 aromatic heterocycles. The van der Waals surface area contributed by atoms with Crippen molar-refractivity contribution < 1.29 is 0 Å². The van der Waals surface area contributed by atoms with Gasteiger partial charge in [0, 0.05) is 6.04 Å². The van der Waals surface area contributed by atoms with Gasteiger partial charge in [-0.3, -0.25) is 0 Å². The molecule has 2 unspecified atom stereocenters. The first-order valence-corrected chi connectivity index (χ1v) is 7.78. The van der Waals surface area contributed by atoms with Crippen LogP contribution in [0, 0.1) is 5.92 Å². The summed E-state index contributed by atoms with van der Waals surface area (Å²) in [5, 5.41) is 3.52. The Kier molecular flexibility index (Phi) is 7.87. The van der Waals surface area contributed by atoms with Gasteiger partial charge in [0.05, 0.1) is 0 Å². The summed E-state index contributed by atoms with van der Waals surface area (Å²) < 4.78 is 0. The number of hydrogen-bond donors (Lipinski definition) is 1. The highest BCUT2D eigenvalue weighted by atomic mass is 15.2. The lowest BCUT2D eigenvalue weighted by Crippen LogP contribution is -2.51. The lowest BCUT2D eigenvalue weighted by Gasteiger charge is -2.45. The highest BCUT2D eigenvalue weighted by Crippen LogP contribution is 2.32. The zero-order valence-corrected chi connectivity index (χ0v) is 12.2. The second-order valence-corrected chi connectivity index (χ2v) is 5.46. The maximum Gasteiger partial charge on any atom is 0.0136 e. The second-order valence-electron chi connectivity index (χ2n) is 5.46. The van der Waals surface area contributed by atoms with E-state index in [-0.39, 0.29) is 0 Å². The van der Waals surface area contributed by atoms with E-state index in [0.29, 0.717) is 0 Å². The van der Waals surface area contributed by atoms with Gasteiger partial charge in [0.1, 0.15) is 0 Å². The average molecular weight is 240 g/mol. The Balaban J connectivity index is 2.33. The minimum Gasteiger partial charge on any atom is -0.317 e. The molecule has 1 aliphatic carbocycles. The highest BCUT2D eigenvalue weighted by molar-refractivity contribution is 4.89. The van der Waals surface area contributed by atoms with Crippen molar-refractivity contribution >= 4 is 0 Å². The van der Waals surface area contributed by atoms with Crippen molar-refractivity contribution in [2.24, 2.45) is 5.92 Å². The summed E-state index contributed by atoms with van der Waals surface area (Å²) in [6.45, 7) is 11.8. The van der Waals surface area contributed by atoms with Crippen LogP contribution in [0.15, 0.2) is 0 Å². The van der Waals surface area contributed by atoms with Crippen molar-refractivity contribution in [3.63, 3.8) is 0 Å². The monoisotopic (exact) mass is 240 g/mol. The predicted octanol–water partition coefficient (Wildman–Crippen LogP) is 3.28. The fourth-order valence-electron chi connectivity index (χ4n) is 2.77. The molecule has 0 heterocycles. The van der Waals surface area contributed by atoms with Crippen LogP contribution in [0.25, 0.3) is 0 Å². The Morgan fingerprint density at radius 2 is 1.65 bits per heavy atom. The lowest BCUT2D eigenvalue weighted by molar-refractivity contribution is 0.0595. The van der Waals surface area contributed by atoms with Gasteiger partial charge >= 0.3 is 0 Å². The Hall–Kier alpha value is -0.0800. The third-order valence-corrected chi connectivity index (χ3v) is 4.10. The molecule has 1 aliphatic rings. The van der Waals surface area contributed by atoms with E-state index < -0.39 is 0 Å². The van der Waals surface area contributed by atoms with E-state index in [4.69, 9.17) is 0 Å². The van der Waals surface area contributed by atoms with E-state index >= 15 is 0 Å². The van der Waals surface area contributed by atoms with Crippen LogP contribution in [0.3, 0.4) is 0 Å². The third kappa shape index (κ3) is 4.97. The normalized spacial score (nSPS) is 24.0. The molecule has 1 fully saturated rings. The Labute approximate surface area is 108 Å². The number of hydrogen-bond acceptors (Lipinski definition) is 2. The Bertz CT molecular complexity index is 174. The zero-order chi connectivity index (χ0) is 12.5. The van der Waals surface area contributed by atoms with Crippen LogP contribution in [0.4, 0.5) is 0 Å². The largest absolute Gasteiger partial charge is 0.317 e. The SMILES string of the molecule is CCCCN(CCCC)C1CCC1CNCC. The Morgan fingerprint density at radius 1 is 1.00 bits per heavy atom. The van der Waals surface area contributed by atoms with Crippen LogP contribution in [0.2, 0.25) is 0 Å². The molecule has 1 N–H and O–H groups in total. The maximum absolute atomic E-state index is 3.52. The van der Waals surface area contributed by atoms with Crippen LogP contribution >= 0.6 is 0 Å². The van der Waals surface area contributed by atoms with Gasteiger partial charge in [-0.15, -0.1) is 0 Å². The van der Waals surface area contributed by atoms with Gasteiger partial charge < -0.3 is 10.2 Å². The van der Waals surface area contributed by atoms with Crippen molar-refractivity contribution in [3.05, 3.63) is 0 Å². The molecule has 0 aliphatic heterocycles. The molecule has 0 bridgehead atoms. The standard InChI is InChI=1S/C15H32N2/c1-4-7-11-17(12-8-5-2)15-10-9-14(15)13-16-6-3/h14-16H,4-13H2,1-3H3. The van der Waals surface area contributed by atoms with E-state index in [2.05, 4.69) is 31.0 Å². The Morgan fingerprint density at radius 3 is 2.06 bits per heavy atom. The number of nitrogens with one attached hydrogen (secondary N) is 1. The van der Waals surface area contributed by atoms with E-state index in [1.807, 2.05) is 0 Å². The van der Waals surface area contributed by atoms with Crippen LogP contribution in [-0.4, -0.2) is 37.1 Å². The van der Waals surface area contributed by atoms with Gasteiger partial charge in [0.25, 0.3) is 0 Å². The van der Waals surface area contributed by atoms with Gasteiger partial charge in [0.15, 0.2) is 0 Å². The summed E-state index contributed by atoms with van der Waals surface area (Å²) in [5.41, 5.74) is 0. The lowest BCUT2D eigenvalue weighted by atomic mass is 9.78. The molecule has 2 nitrogen and oxygen atoms in total. The van der Waals surface area contributed by atoms with Gasteiger partial charge in [0.2, 0.25) is 0 Å². The zero-order valence-electron chi connectivity index (χ0n) is 12.2. The van der Waals surface area contributed by atoms with Gasteiger partial charge in [-0.25, -0.2) is 0 Å². The van der Waals surface area contributed by atoms with Crippen molar-refractivity contribution in [2.45, 2.75) is 65.3 Å². The van der Waals surface area contributed by atoms with Crippen LogP contribution in [-0.2, 0) is 0 Å². The molecular formula is C15H32N2. The maximum atomic E-state index is 3.52. The predicted molar refractivity (Wildman–Crippen MR) is 76.4 cm³/mol. The first-order chi connectivity index (χ1) is 8.33. The minimum atomic E-state index is 0.882. The van der Waals surface area contributed by atoms with Crippen molar-refractivity contribution in [1.82, 2.24) is 10.2 Å². The summed E-state index contributed by atoms with van der Waals surface area (Å²) in [6.07, 6.45) is 8.26. The second kappa shape index (κ2) is 8.93. The van der Waals surface area contributed by atoms with Crippen molar-refractivity contribution in [1.29, 1.82) is 0 Å². The van der Waals surface area contributed by atoms with Crippen molar-refractivity contribution in [3.8, 4) is 0 Å². The molecule has 0 spiro atoms. The molecule has 17 heavy (non-hydrogen) atoms. The minimum absolute atomic E-state index is 0.882. The third-order valence-electron chi connectivity index (χ3n) is 4.10. The summed E-state index contributed by atoms with van der Waals surface area (Å²) in [5.74, 6) is 0.920. The van der Waals surface area contributed by atoms with Crippen LogP contribution < -0.4 is 5.32 Å². The van der Waals surface area contributed by atoms with E-state index in [1.54, 1.807) is 0 Å². The van der Waals surface area contributed by atoms with E-state index in [1.165, 1.54) is 58.2 Å². The number of rotatable bonds is 10.